The van der Waals surface area contributed by atoms with Gasteiger partial charge in [0.05, 0.1) is 20.8 Å². The molecule has 1 aromatic carbocycles. The fourth-order valence-corrected chi connectivity index (χ4v) is 4.43. The van der Waals surface area contributed by atoms with Gasteiger partial charge in [0.25, 0.3) is 0 Å². The molecule has 1 heterocycles. The van der Waals surface area contributed by atoms with Crippen LogP contribution in [0, 0.1) is 0 Å². The van der Waals surface area contributed by atoms with E-state index in [1.54, 1.807) is 25.6 Å². The summed E-state index contributed by atoms with van der Waals surface area (Å²) < 4.78 is 10.7. The van der Waals surface area contributed by atoms with Crippen LogP contribution in [0.15, 0.2) is 35.7 Å². The van der Waals surface area contributed by atoms with Crippen molar-refractivity contribution in [2.75, 3.05) is 27.3 Å². The van der Waals surface area contributed by atoms with Gasteiger partial charge in [-0.15, -0.1) is 11.3 Å². The normalized spacial score (nSPS) is 13.0. The molecule has 1 fully saturated rings. The Labute approximate surface area is 195 Å². The SMILES string of the molecule is CCCCC(=O)N(CC(=O)N(CCc1ccc(OC)c(OC)c1)Cc1cccs1)C1CC1. The summed E-state index contributed by atoms with van der Waals surface area (Å²) in [4.78, 5) is 30.9. The highest BCUT2D eigenvalue weighted by atomic mass is 32.1. The summed E-state index contributed by atoms with van der Waals surface area (Å²) in [5.74, 6) is 1.49. The largest absolute Gasteiger partial charge is 0.493 e. The lowest BCUT2D eigenvalue weighted by atomic mass is 10.1. The lowest BCUT2D eigenvalue weighted by Gasteiger charge is -2.28. The van der Waals surface area contributed by atoms with Gasteiger partial charge >= 0.3 is 0 Å². The van der Waals surface area contributed by atoms with Gasteiger partial charge in [0.1, 0.15) is 6.54 Å². The first kappa shape index (κ1) is 24.1. The van der Waals surface area contributed by atoms with Crippen LogP contribution in [0.3, 0.4) is 0 Å². The Morgan fingerprint density at radius 2 is 1.88 bits per heavy atom. The maximum atomic E-state index is 13.3. The number of hydrogen-bond donors (Lipinski definition) is 0. The molecule has 1 aliphatic rings. The van der Waals surface area contributed by atoms with Crippen LogP contribution in [0.4, 0.5) is 0 Å². The lowest BCUT2D eigenvalue weighted by Crippen LogP contribution is -2.44. The van der Waals surface area contributed by atoms with E-state index in [1.807, 2.05) is 45.5 Å². The highest BCUT2D eigenvalue weighted by molar-refractivity contribution is 7.09. The molecule has 2 amide bonds. The van der Waals surface area contributed by atoms with E-state index in [2.05, 4.69) is 6.92 Å². The number of unbranched alkanes of at least 4 members (excludes halogenated alkanes) is 1. The van der Waals surface area contributed by atoms with Crippen LogP contribution in [0.2, 0.25) is 0 Å². The predicted octanol–water partition coefficient (Wildman–Crippen LogP) is 4.52. The van der Waals surface area contributed by atoms with E-state index in [0.717, 1.165) is 36.1 Å². The van der Waals surface area contributed by atoms with Gasteiger partial charge in [-0.25, -0.2) is 0 Å². The minimum atomic E-state index is 0.00984. The number of rotatable bonds is 13. The Morgan fingerprint density at radius 1 is 1.09 bits per heavy atom. The Balaban J connectivity index is 1.69. The summed E-state index contributed by atoms with van der Waals surface area (Å²) in [6.45, 7) is 3.39. The summed E-state index contributed by atoms with van der Waals surface area (Å²) in [6.07, 6.45) is 5.08. The molecule has 6 nitrogen and oxygen atoms in total. The Morgan fingerprint density at radius 3 is 2.50 bits per heavy atom. The van der Waals surface area contributed by atoms with Crippen molar-refractivity contribution in [3.8, 4) is 11.5 Å². The first-order chi connectivity index (χ1) is 15.5. The van der Waals surface area contributed by atoms with Gasteiger partial charge in [0.2, 0.25) is 11.8 Å². The van der Waals surface area contributed by atoms with Crippen LogP contribution in [0.5, 0.6) is 11.5 Å². The molecule has 7 heteroatoms. The topological polar surface area (TPSA) is 59.1 Å². The van der Waals surface area contributed by atoms with Crippen molar-refractivity contribution in [3.05, 3.63) is 46.2 Å². The second-order valence-corrected chi connectivity index (χ2v) is 9.22. The minimum absolute atomic E-state index is 0.00984. The van der Waals surface area contributed by atoms with Gasteiger partial charge < -0.3 is 19.3 Å². The molecule has 0 spiro atoms. The fourth-order valence-electron chi connectivity index (χ4n) is 3.71. The number of carbonyl (C=O) groups excluding carboxylic acids is 2. The Bertz CT molecular complexity index is 880. The second-order valence-electron chi connectivity index (χ2n) is 8.19. The molecule has 0 unspecified atom stereocenters. The van der Waals surface area contributed by atoms with Gasteiger partial charge in [0, 0.05) is 23.9 Å². The molecule has 1 aliphatic carbocycles. The quantitative estimate of drug-likeness (QED) is 0.443. The van der Waals surface area contributed by atoms with Crippen molar-refractivity contribution in [2.45, 2.75) is 58.0 Å². The van der Waals surface area contributed by atoms with Crippen LogP contribution in [-0.4, -0.2) is 55.0 Å². The third kappa shape index (κ3) is 6.73. The number of hydrogen-bond acceptors (Lipinski definition) is 5. The minimum Gasteiger partial charge on any atom is -0.493 e. The van der Waals surface area contributed by atoms with Crippen LogP contribution >= 0.6 is 11.3 Å². The molecule has 2 aromatic rings. The summed E-state index contributed by atoms with van der Waals surface area (Å²) in [5, 5.41) is 2.02. The van der Waals surface area contributed by atoms with Crippen molar-refractivity contribution in [3.63, 3.8) is 0 Å². The van der Waals surface area contributed by atoms with E-state index < -0.39 is 0 Å². The first-order valence-corrected chi connectivity index (χ1v) is 12.2. The zero-order valence-electron chi connectivity index (χ0n) is 19.3. The van der Waals surface area contributed by atoms with Crippen molar-refractivity contribution in [1.29, 1.82) is 0 Å². The summed E-state index contributed by atoms with van der Waals surface area (Å²) >= 11 is 1.65. The van der Waals surface area contributed by atoms with Crippen LogP contribution < -0.4 is 9.47 Å². The number of carbonyl (C=O) groups is 2. The molecule has 0 N–H and O–H groups in total. The maximum Gasteiger partial charge on any atom is 0.242 e. The van der Waals surface area contributed by atoms with Crippen LogP contribution in [0.25, 0.3) is 0 Å². The second kappa shape index (κ2) is 11.9. The molecular weight excluding hydrogens is 424 g/mol. The van der Waals surface area contributed by atoms with Crippen molar-refractivity contribution in [1.82, 2.24) is 9.80 Å². The fraction of sp³-hybridized carbons (Fsp3) is 0.520. The molecule has 0 saturated heterocycles. The smallest absolute Gasteiger partial charge is 0.242 e. The van der Waals surface area contributed by atoms with Crippen LogP contribution in [0.1, 0.15) is 49.5 Å². The van der Waals surface area contributed by atoms with Gasteiger partial charge in [-0.3, -0.25) is 9.59 Å². The zero-order chi connectivity index (χ0) is 22.9. The maximum absolute atomic E-state index is 13.3. The molecule has 0 radical (unpaired) electrons. The van der Waals surface area contributed by atoms with Crippen molar-refractivity contribution in [2.24, 2.45) is 0 Å². The van der Waals surface area contributed by atoms with Gasteiger partial charge in [-0.05, 0) is 54.8 Å². The molecule has 174 valence electrons. The molecule has 0 atom stereocenters. The third-order valence-electron chi connectivity index (χ3n) is 5.76. The number of ether oxygens (including phenoxy) is 2. The average molecular weight is 459 g/mol. The number of methoxy groups -OCH3 is 2. The number of benzene rings is 1. The van der Waals surface area contributed by atoms with E-state index in [4.69, 9.17) is 9.47 Å². The third-order valence-corrected chi connectivity index (χ3v) is 6.62. The molecule has 3 rings (SSSR count). The number of thiophene rings is 1. The Kier molecular flexibility index (Phi) is 8.97. The first-order valence-electron chi connectivity index (χ1n) is 11.4. The predicted molar refractivity (Wildman–Crippen MR) is 127 cm³/mol. The molecule has 1 saturated carbocycles. The zero-order valence-corrected chi connectivity index (χ0v) is 20.2. The highest BCUT2D eigenvalue weighted by Gasteiger charge is 2.34. The van der Waals surface area contributed by atoms with E-state index in [-0.39, 0.29) is 24.4 Å². The standard InChI is InChI=1S/C25H34N2O4S/c1-4-5-8-24(28)27(20-10-11-20)18-25(29)26(17-21-7-6-15-32-21)14-13-19-9-12-22(30-2)23(16-19)31-3/h6-7,9,12,15-16,20H,4-5,8,10-11,13-14,17-18H2,1-3H3. The van der Waals surface area contributed by atoms with Crippen molar-refractivity contribution < 1.29 is 19.1 Å². The van der Waals surface area contributed by atoms with Gasteiger partial charge in [-0.1, -0.05) is 25.5 Å². The molecule has 1 aromatic heterocycles. The summed E-state index contributed by atoms with van der Waals surface area (Å²) in [5.41, 5.74) is 1.07. The molecule has 0 bridgehead atoms. The summed E-state index contributed by atoms with van der Waals surface area (Å²) in [7, 11) is 3.24. The van der Waals surface area contributed by atoms with Crippen LogP contribution in [-0.2, 0) is 22.6 Å². The van der Waals surface area contributed by atoms with Gasteiger partial charge in [0.15, 0.2) is 11.5 Å². The number of nitrogens with zero attached hydrogens (tertiary/aromatic N) is 2. The molecular formula is C25H34N2O4S. The van der Waals surface area contributed by atoms with E-state index >= 15 is 0 Å². The lowest BCUT2D eigenvalue weighted by molar-refractivity contribution is -0.141. The summed E-state index contributed by atoms with van der Waals surface area (Å²) in [6, 6.07) is 10.1. The monoisotopic (exact) mass is 458 g/mol. The average Bonchev–Trinajstić information content (AvgIpc) is 3.52. The molecule has 32 heavy (non-hydrogen) atoms. The Hall–Kier alpha value is -2.54. The van der Waals surface area contributed by atoms with E-state index in [1.165, 1.54) is 0 Å². The highest BCUT2D eigenvalue weighted by Crippen LogP contribution is 2.29. The number of amides is 2. The van der Waals surface area contributed by atoms with E-state index in [0.29, 0.717) is 37.4 Å². The van der Waals surface area contributed by atoms with E-state index in [9.17, 15) is 9.59 Å². The van der Waals surface area contributed by atoms with Gasteiger partial charge in [-0.2, -0.15) is 0 Å². The molecule has 0 aliphatic heterocycles. The van der Waals surface area contributed by atoms with Crippen molar-refractivity contribution >= 4 is 23.2 Å².